The van der Waals surface area contributed by atoms with Crippen molar-refractivity contribution in [1.82, 2.24) is 0 Å². The zero-order valence-electron chi connectivity index (χ0n) is 6.30. The van der Waals surface area contributed by atoms with Crippen molar-refractivity contribution in [1.29, 1.82) is 0 Å². The Kier molecular flexibility index (Phi) is 2.04. The summed E-state index contributed by atoms with van der Waals surface area (Å²) in [4.78, 5) is 2.61. The highest BCUT2D eigenvalue weighted by atomic mass is 16.3. The fourth-order valence-corrected chi connectivity index (χ4v) is 1.59. The zero-order chi connectivity index (χ0) is 8.48. The van der Waals surface area contributed by atoms with Gasteiger partial charge in [0.2, 0.25) is 0 Å². The Hall–Kier alpha value is -0.770. The highest BCUT2D eigenvalue weighted by Gasteiger charge is 2.49. The van der Waals surface area contributed by atoms with Gasteiger partial charge in [0.15, 0.2) is 0 Å². The molecule has 5 nitrogen and oxygen atoms in total. The number of azide groups is 1. The Bertz CT molecular complexity index is 202. The average molecular weight is 157 g/mol. The van der Waals surface area contributed by atoms with Crippen molar-refractivity contribution >= 4 is 0 Å². The van der Waals surface area contributed by atoms with Crippen molar-refractivity contribution in [2.75, 3.05) is 6.61 Å². The van der Waals surface area contributed by atoms with Gasteiger partial charge in [-0.05, 0) is 17.9 Å². The maximum absolute atomic E-state index is 9.47. The van der Waals surface area contributed by atoms with Crippen molar-refractivity contribution < 1.29 is 10.2 Å². The number of hydrogen-bond donors (Lipinski definition) is 2. The van der Waals surface area contributed by atoms with Crippen LogP contribution in [0.25, 0.3) is 10.4 Å². The first kappa shape index (κ1) is 8.33. The fraction of sp³-hybridized carbons (Fsp3) is 1.00. The van der Waals surface area contributed by atoms with Gasteiger partial charge in [-0.25, -0.2) is 0 Å². The summed E-state index contributed by atoms with van der Waals surface area (Å²) < 4.78 is 0. The molecule has 11 heavy (non-hydrogen) atoms. The van der Waals surface area contributed by atoms with Gasteiger partial charge in [-0.1, -0.05) is 12.0 Å². The Balaban J connectivity index is 2.67. The van der Waals surface area contributed by atoms with E-state index in [1.165, 1.54) is 0 Å². The van der Waals surface area contributed by atoms with E-state index < -0.39 is 11.6 Å². The first-order valence-corrected chi connectivity index (χ1v) is 3.51. The van der Waals surface area contributed by atoms with Gasteiger partial charge in [-0.15, -0.1) is 0 Å². The van der Waals surface area contributed by atoms with Crippen LogP contribution in [0.2, 0.25) is 0 Å². The van der Waals surface area contributed by atoms with Gasteiger partial charge in [0.05, 0.1) is 18.2 Å². The zero-order valence-corrected chi connectivity index (χ0v) is 6.30. The standard InChI is InChI=1S/C6H11N3O2/c1-4-2-6(11,3-10)5(4)8-9-7/h4-5,10-11H,2-3H2,1H3. The molecule has 1 fully saturated rings. The molecule has 62 valence electrons. The summed E-state index contributed by atoms with van der Waals surface area (Å²) in [5, 5.41) is 21.6. The second-order valence-corrected chi connectivity index (χ2v) is 3.09. The van der Waals surface area contributed by atoms with Crippen molar-refractivity contribution in [3.05, 3.63) is 10.4 Å². The van der Waals surface area contributed by atoms with Crippen LogP contribution in [0.3, 0.4) is 0 Å². The van der Waals surface area contributed by atoms with Crippen molar-refractivity contribution in [3.63, 3.8) is 0 Å². The van der Waals surface area contributed by atoms with Gasteiger partial charge in [0, 0.05) is 4.91 Å². The monoisotopic (exact) mass is 157 g/mol. The SMILES string of the molecule is CC1CC(O)(CO)C1N=[N+]=[N-]. The number of aliphatic hydroxyl groups is 2. The molecule has 0 amide bonds. The van der Waals surface area contributed by atoms with E-state index in [9.17, 15) is 5.11 Å². The topological polar surface area (TPSA) is 89.2 Å². The van der Waals surface area contributed by atoms with Gasteiger partial charge < -0.3 is 10.2 Å². The first-order chi connectivity index (χ1) is 5.14. The summed E-state index contributed by atoms with van der Waals surface area (Å²) >= 11 is 0. The predicted octanol–water partition coefficient (Wildman–Crippen LogP) is 0.429. The second-order valence-electron chi connectivity index (χ2n) is 3.09. The van der Waals surface area contributed by atoms with Crippen molar-refractivity contribution in [2.24, 2.45) is 11.0 Å². The Morgan fingerprint density at radius 3 is 2.82 bits per heavy atom. The molecular formula is C6H11N3O2. The molecule has 0 bridgehead atoms. The largest absolute Gasteiger partial charge is 0.393 e. The van der Waals surface area contributed by atoms with Gasteiger partial charge in [-0.2, -0.15) is 0 Å². The first-order valence-electron chi connectivity index (χ1n) is 3.51. The molecule has 1 aliphatic rings. The molecular weight excluding hydrogens is 146 g/mol. The lowest BCUT2D eigenvalue weighted by molar-refractivity contribution is -0.120. The van der Waals surface area contributed by atoms with E-state index in [2.05, 4.69) is 10.0 Å². The van der Waals surface area contributed by atoms with Crippen molar-refractivity contribution in [2.45, 2.75) is 25.0 Å². The van der Waals surface area contributed by atoms with Crippen LogP contribution in [0.5, 0.6) is 0 Å². The Morgan fingerprint density at radius 2 is 2.45 bits per heavy atom. The van der Waals surface area contributed by atoms with Crippen LogP contribution >= 0.6 is 0 Å². The normalized spacial score (nSPS) is 42.5. The van der Waals surface area contributed by atoms with Gasteiger partial charge in [0.25, 0.3) is 0 Å². The van der Waals surface area contributed by atoms with Crippen LogP contribution in [0.4, 0.5) is 0 Å². The van der Waals surface area contributed by atoms with Crippen LogP contribution in [0.15, 0.2) is 5.11 Å². The van der Waals surface area contributed by atoms with E-state index in [0.717, 1.165) is 0 Å². The molecule has 3 atom stereocenters. The number of aliphatic hydroxyl groups excluding tert-OH is 1. The fourth-order valence-electron chi connectivity index (χ4n) is 1.59. The number of hydrogen-bond acceptors (Lipinski definition) is 3. The molecule has 1 saturated carbocycles. The van der Waals surface area contributed by atoms with E-state index in [0.29, 0.717) is 6.42 Å². The van der Waals surface area contributed by atoms with Crippen LogP contribution < -0.4 is 0 Å². The minimum absolute atomic E-state index is 0.169. The molecule has 0 saturated heterocycles. The quantitative estimate of drug-likeness (QED) is 0.345. The molecule has 2 N–H and O–H groups in total. The maximum atomic E-state index is 9.47. The minimum Gasteiger partial charge on any atom is -0.393 e. The molecule has 0 aromatic heterocycles. The highest BCUT2D eigenvalue weighted by Crippen LogP contribution is 2.39. The smallest absolute Gasteiger partial charge is 0.0967 e. The molecule has 0 heterocycles. The molecule has 1 aliphatic carbocycles. The lowest BCUT2D eigenvalue weighted by Crippen LogP contribution is -2.58. The lowest BCUT2D eigenvalue weighted by atomic mass is 9.68. The molecule has 0 radical (unpaired) electrons. The highest BCUT2D eigenvalue weighted by molar-refractivity contribution is 5.05. The summed E-state index contributed by atoms with van der Waals surface area (Å²) in [5.74, 6) is 0.169. The average Bonchev–Trinajstić information content (AvgIpc) is 2.00. The van der Waals surface area contributed by atoms with E-state index in [1.807, 2.05) is 6.92 Å². The van der Waals surface area contributed by atoms with Gasteiger partial charge in [0.1, 0.15) is 0 Å². The molecule has 0 spiro atoms. The molecule has 0 aromatic carbocycles. The Morgan fingerprint density at radius 1 is 1.82 bits per heavy atom. The third-order valence-corrected chi connectivity index (χ3v) is 2.21. The predicted molar refractivity (Wildman–Crippen MR) is 38.8 cm³/mol. The summed E-state index contributed by atoms with van der Waals surface area (Å²) in [6, 6.07) is -0.461. The number of rotatable bonds is 2. The van der Waals surface area contributed by atoms with Crippen LogP contribution in [-0.4, -0.2) is 28.5 Å². The van der Waals surface area contributed by atoms with E-state index in [1.54, 1.807) is 0 Å². The third kappa shape index (κ3) is 1.18. The van der Waals surface area contributed by atoms with Gasteiger partial charge >= 0.3 is 0 Å². The van der Waals surface area contributed by atoms with E-state index in [4.69, 9.17) is 10.6 Å². The van der Waals surface area contributed by atoms with Crippen LogP contribution in [0.1, 0.15) is 13.3 Å². The second kappa shape index (κ2) is 2.70. The molecule has 0 aliphatic heterocycles. The van der Waals surface area contributed by atoms with E-state index in [-0.39, 0.29) is 12.5 Å². The summed E-state index contributed by atoms with van der Waals surface area (Å²) in [6.45, 7) is 1.55. The molecule has 0 aromatic rings. The van der Waals surface area contributed by atoms with Crippen LogP contribution in [0, 0.1) is 5.92 Å². The lowest BCUT2D eigenvalue weighted by Gasteiger charge is -2.46. The number of nitrogens with zero attached hydrogens (tertiary/aromatic N) is 3. The van der Waals surface area contributed by atoms with Gasteiger partial charge in [-0.3, -0.25) is 0 Å². The molecule has 1 rings (SSSR count). The van der Waals surface area contributed by atoms with Crippen molar-refractivity contribution in [3.8, 4) is 0 Å². The minimum atomic E-state index is -1.16. The summed E-state index contributed by atoms with van der Waals surface area (Å²) in [6.07, 6.45) is 0.507. The van der Waals surface area contributed by atoms with Crippen LogP contribution in [-0.2, 0) is 0 Å². The molecule has 5 heteroatoms. The molecule has 3 unspecified atom stereocenters. The Labute approximate surface area is 64.3 Å². The maximum Gasteiger partial charge on any atom is 0.0967 e. The summed E-state index contributed by atoms with van der Waals surface area (Å²) in [5.41, 5.74) is 6.95. The third-order valence-electron chi connectivity index (χ3n) is 2.21. The van der Waals surface area contributed by atoms with E-state index >= 15 is 0 Å². The summed E-state index contributed by atoms with van der Waals surface area (Å²) in [7, 11) is 0.